The predicted molar refractivity (Wildman–Crippen MR) is 102 cm³/mol. The number of hydrogen-bond acceptors (Lipinski definition) is 4. The Morgan fingerprint density at radius 1 is 1.04 bits per heavy atom. The largest absolute Gasteiger partial charge is 0.485 e. The second kappa shape index (κ2) is 8.22. The Balaban J connectivity index is 1.25. The summed E-state index contributed by atoms with van der Waals surface area (Å²) >= 11 is 0. The zero-order valence-corrected chi connectivity index (χ0v) is 15.2. The highest BCUT2D eigenvalue weighted by Gasteiger charge is 2.27. The summed E-state index contributed by atoms with van der Waals surface area (Å²) in [6.07, 6.45) is 1.12. The van der Waals surface area contributed by atoms with E-state index in [-0.39, 0.29) is 12.5 Å². The molecular formula is C21H24N3O3+. The van der Waals surface area contributed by atoms with Gasteiger partial charge in [-0.05, 0) is 12.1 Å². The topological polar surface area (TPSA) is 64.4 Å². The first-order chi connectivity index (χ1) is 13.3. The van der Waals surface area contributed by atoms with Crippen LogP contribution in [-0.4, -0.2) is 37.4 Å². The average molecular weight is 366 g/mol. The van der Waals surface area contributed by atoms with Crippen LogP contribution in [0, 0.1) is 0 Å². The third-order valence-electron chi connectivity index (χ3n) is 4.96. The van der Waals surface area contributed by atoms with E-state index in [0.717, 1.165) is 38.2 Å². The van der Waals surface area contributed by atoms with Gasteiger partial charge in [0.2, 0.25) is 6.10 Å². The highest BCUT2D eigenvalue weighted by molar-refractivity contribution is 5.88. The smallest absolute Gasteiger partial charge is 0.284 e. The van der Waals surface area contributed by atoms with Gasteiger partial charge in [-0.15, -0.1) is 0 Å². The third-order valence-corrected chi connectivity index (χ3v) is 4.96. The molecule has 2 aliphatic heterocycles. The van der Waals surface area contributed by atoms with Crippen LogP contribution in [0.1, 0.15) is 18.4 Å². The summed E-state index contributed by atoms with van der Waals surface area (Å²) in [5.41, 5.74) is 5.05. The lowest BCUT2D eigenvalue weighted by atomic mass is 10.1. The zero-order valence-electron chi connectivity index (χ0n) is 15.2. The average Bonchev–Trinajstić information content (AvgIpc) is 2.73. The number of amides is 1. The third kappa shape index (κ3) is 4.46. The Bertz CT molecular complexity index is 812. The van der Waals surface area contributed by atoms with E-state index in [4.69, 9.17) is 9.47 Å². The normalized spacial score (nSPS) is 21.4. The molecule has 140 valence electrons. The van der Waals surface area contributed by atoms with Crippen LogP contribution >= 0.6 is 0 Å². The highest BCUT2D eigenvalue weighted by atomic mass is 16.6. The van der Waals surface area contributed by atoms with Crippen molar-refractivity contribution < 1.29 is 19.2 Å². The first-order valence-corrected chi connectivity index (χ1v) is 9.39. The number of benzene rings is 2. The number of rotatable bonds is 4. The maximum Gasteiger partial charge on any atom is 0.284 e. The van der Waals surface area contributed by atoms with E-state index < -0.39 is 6.10 Å². The molecule has 0 saturated carbocycles. The number of para-hydroxylation sites is 2. The molecular weight excluding hydrogens is 342 g/mol. The van der Waals surface area contributed by atoms with Gasteiger partial charge in [-0.3, -0.25) is 4.79 Å². The van der Waals surface area contributed by atoms with Crippen molar-refractivity contribution in [1.82, 2.24) is 5.43 Å². The molecule has 1 fully saturated rings. The standard InChI is InChI=1S/C21H23N3O3/c25-21(20-15-26-18-8-4-5-9-19(18)27-20)23-22-17-10-12-24(13-11-17)14-16-6-2-1-3-7-16/h1-9,20H,10-15H2,(H,23,25)/p+1/t20-/m0/s1. The van der Waals surface area contributed by atoms with Gasteiger partial charge in [-0.1, -0.05) is 42.5 Å². The molecule has 1 atom stereocenters. The number of nitrogens with zero attached hydrogens (tertiary/aromatic N) is 1. The van der Waals surface area contributed by atoms with Gasteiger partial charge in [0.1, 0.15) is 13.2 Å². The van der Waals surface area contributed by atoms with E-state index in [1.807, 2.05) is 24.3 Å². The lowest BCUT2D eigenvalue weighted by molar-refractivity contribution is -0.914. The van der Waals surface area contributed by atoms with Crippen LogP contribution in [0.2, 0.25) is 0 Å². The minimum atomic E-state index is -0.673. The number of fused-ring (bicyclic) bond motifs is 1. The van der Waals surface area contributed by atoms with Crippen molar-refractivity contribution in [3.8, 4) is 11.5 Å². The van der Waals surface area contributed by atoms with Gasteiger partial charge < -0.3 is 14.4 Å². The summed E-state index contributed by atoms with van der Waals surface area (Å²) in [4.78, 5) is 13.9. The maximum absolute atomic E-state index is 12.3. The SMILES string of the molecule is O=C(NN=C1CC[NH+](Cc2ccccc2)CC1)[C@@H]1COc2ccccc2O1. The molecule has 2 heterocycles. The fourth-order valence-corrected chi connectivity index (χ4v) is 3.42. The molecule has 2 aromatic carbocycles. The highest BCUT2D eigenvalue weighted by Crippen LogP contribution is 2.30. The quantitative estimate of drug-likeness (QED) is 0.799. The number of nitrogens with one attached hydrogen (secondary N) is 2. The number of hydrogen-bond donors (Lipinski definition) is 2. The number of ether oxygens (including phenoxy) is 2. The molecule has 0 bridgehead atoms. The van der Waals surface area contributed by atoms with Crippen LogP contribution in [0.15, 0.2) is 59.7 Å². The molecule has 6 heteroatoms. The fraction of sp³-hybridized carbons (Fsp3) is 0.333. The van der Waals surface area contributed by atoms with E-state index in [0.29, 0.717) is 11.5 Å². The molecule has 0 aromatic heterocycles. The monoisotopic (exact) mass is 366 g/mol. The molecule has 0 radical (unpaired) electrons. The molecule has 0 unspecified atom stereocenters. The number of carbonyl (C=O) groups excluding carboxylic acids is 1. The van der Waals surface area contributed by atoms with Gasteiger partial charge in [0.05, 0.1) is 13.1 Å². The van der Waals surface area contributed by atoms with Crippen LogP contribution in [0.25, 0.3) is 0 Å². The van der Waals surface area contributed by atoms with Crippen molar-refractivity contribution in [3.63, 3.8) is 0 Å². The fourth-order valence-electron chi connectivity index (χ4n) is 3.42. The number of likely N-dealkylation sites (tertiary alicyclic amines) is 1. The number of hydrazone groups is 1. The molecule has 2 aliphatic rings. The van der Waals surface area contributed by atoms with Crippen LogP contribution < -0.4 is 19.8 Å². The van der Waals surface area contributed by atoms with Crippen molar-refractivity contribution in [2.75, 3.05) is 19.7 Å². The predicted octanol–water partition coefficient (Wildman–Crippen LogP) is 1.18. The van der Waals surface area contributed by atoms with Crippen LogP contribution in [-0.2, 0) is 11.3 Å². The molecule has 1 amide bonds. The number of quaternary nitrogens is 1. The summed E-state index contributed by atoms with van der Waals surface area (Å²) in [6, 6.07) is 17.9. The van der Waals surface area contributed by atoms with Gasteiger partial charge in [-0.2, -0.15) is 5.10 Å². The van der Waals surface area contributed by atoms with Gasteiger partial charge in [0, 0.05) is 24.1 Å². The first kappa shape index (κ1) is 17.5. The van der Waals surface area contributed by atoms with E-state index in [2.05, 4.69) is 34.8 Å². The van der Waals surface area contributed by atoms with Gasteiger partial charge in [0.25, 0.3) is 5.91 Å². The summed E-state index contributed by atoms with van der Waals surface area (Å²) < 4.78 is 11.3. The van der Waals surface area contributed by atoms with E-state index >= 15 is 0 Å². The summed E-state index contributed by atoms with van der Waals surface area (Å²) in [7, 11) is 0. The molecule has 0 spiro atoms. The van der Waals surface area contributed by atoms with Gasteiger partial charge >= 0.3 is 0 Å². The van der Waals surface area contributed by atoms with E-state index in [1.165, 1.54) is 5.56 Å². The second-order valence-electron chi connectivity index (χ2n) is 6.93. The first-order valence-electron chi connectivity index (χ1n) is 9.39. The lowest BCUT2D eigenvalue weighted by Gasteiger charge is -2.26. The van der Waals surface area contributed by atoms with Crippen molar-refractivity contribution in [2.45, 2.75) is 25.5 Å². The zero-order chi connectivity index (χ0) is 18.5. The number of carbonyl (C=O) groups is 1. The minimum Gasteiger partial charge on any atom is -0.485 e. The lowest BCUT2D eigenvalue weighted by Crippen LogP contribution is -3.11. The van der Waals surface area contributed by atoms with Crippen molar-refractivity contribution in [1.29, 1.82) is 0 Å². The summed E-state index contributed by atoms with van der Waals surface area (Å²) in [6.45, 7) is 3.29. The molecule has 6 nitrogen and oxygen atoms in total. The van der Waals surface area contributed by atoms with Crippen molar-refractivity contribution in [3.05, 3.63) is 60.2 Å². The molecule has 0 aliphatic carbocycles. The van der Waals surface area contributed by atoms with Crippen LogP contribution in [0.4, 0.5) is 0 Å². The van der Waals surface area contributed by atoms with Crippen molar-refractivity contribution >= 4 is 11.6 Å². The van der Waals surface area contributed by atoms with E-state index in [1.54, 1.807) is 11.0 Å². The second-order valence-corrected chi connectivity index (χ2v) is 6.93. The minimum absolute atomic E-state index is 0.197. The van der Waals surface area contributed by atoms with Crippen LogP contribution in [0.3, 0.4) is 0 Å². The number of piperidine rings is 1. The maximum atomic E-state index is 12.3. The van der Waals surface area contributed by atoms with Crippen LogP contribution in [0.5, 0.6) is 11.5 Å². The molecule has 4 rings (SSSR count). The van der Waals surface area contributed by atoms with Crippen molar-refractivity contribution in [2.24, 2.45) is 5.10 Å². The summed E-state index contributed by atoms with van der Waals surface area (Å²) in [5.74, 6) is 0.993. The molecule has 1 saturated heterocycles. The Morgan fingerprint density at radius 3 is 2.52 bits per heavy atom. The Morgan fingerprint density at radius 2 is 1.74 bits per heavy atom. The van der Waals surface area contributed by atoms with Gasteiger partial charge in [0.15, 0.2) is 11.5 Å². The Labute approximate surface area is 158 Å². The molecule has 2 N–H and O–H groups in total. The summed E-state index contributed by atoms with van der Waals surface area (Å²) in [5, 5.41) is 4.32. The van der Waals surface area contributed by atoms with E-state index in [9.17, 15) is 4.79 Å². The molecule has 27 heavy (non-hydrogen) atoms. The molecule has 2 aromatic rings. The Kier molecular flexibility index (Phi) is 5.34. The Hall–Kier alpha value is -2.86. The van der Waals surface area contributed by atoms with Gasteiger partial charge in [-0.25, -0.2) is 5.43 Å².